The number of esters is 3. The lowest BCUT2D eigenvalue weighted by molar-refractivity contribution is -0.163. The molecule has 0 aliphatic rings. The van der Waals surface area contributed by atoms with Crippen LogP contribution in [0.1, 0.15) is 226 Å². The summed E-state index contributed by atoms with van der Waals surface area (Å²) >= 11 is 0. The van der Waals surface area contributed by atoms with Gasteiger partial charge in [-0.2, -0.15) is 0 Å². The molecular weight excluding hydrogens is 612 g/mol. The third-order valence-corrected chi connectivity index (χ3v) is 9.41. The molecule has 49 heavy (non-hydrogen) atoms. The number of ether oxygens (including phenoxy) is 3. The van der Waals surface area contributed by atoms with Crippen LogP contribution in [0, 0.1) is 0 Å². The van der Waals surface area contributed by atoms with E-state index < -0.39 is 12.1 Å². The second-order valence-electron chi connectivity index (χ2n) is 14.3. The van der Waals surface area contributed by atoms with Gasteiger partial charge < -0.3 is 14.2 Å². The van der Waals surface area contributed by atoms with Crippen molar-refractivity contribution in [3.8, 4) is 0 Å². The first kappa shape index (κ1) is 47.1. The zero-order valence-corrected chi connectivity index (χ0v) is 32.7. The Hall–Kier alpha value is -1.85. The number of hydrogen-bond donors (Lipinski definition) is 0. The average Bonchev–Trinajstić information content (AvgIpc) is 3.09. The van der Waals surface area contributed by atoms with Crippen LogP contribution in [0.25, 0.3) is 0 Å². The van der Waals surface area contributed by atoms with Crippen LogP contribution in [0.4, 0.5) is 0 Å². The Morgan fingerprint density at radius 2 is 0.694 bits per heavy atom. The first-order valence-corrected chi connectivity index (χ1v) is 21.2. The van der Waals surface area contributed by atoms with E-state index >= 15 is 0 Å². The minimum absolute atomic E-state index is 0.104. The van der Waals surface area contributed by atoms with Gasteiger partial charge in [-0.1, -0.05) is 200 Å². The summed E-state index contributed by atoms with van der Waals surface area (Å²) in [5.74, 6) is -1.14. The zero-order chi connectivity index (χ0) is 35.9. The van der Waals surface area contributed by atoms with E-state index in [0.717, 1.165) is 38.5 Å². The molecule has 0 aromatic carbocycles. The Balaban J connectivity index is 3.87. The van der Waals surface area contributed by atoms with Crippen molar-refractivity contribution in [3.63, 3.8) is 0 Å². The van der Waals surface area contributed by atoms with Crippen LogP contribution in [0.15, 0.2) is 12.2 Å². The number of unbranched alkanes of at least 4 members (excludes halogenated alkanes) is 28. The van der Waals surface area contributed by atoms with E-state index in [2.05, 4.69) is 13.8 Å². The molecule has 0 spiro atoms. The normalized spacial score (nSPS) is 11.4. The molecule has 0 aromatic rings. The molecule has 0 atom stereocenters. The van der Waals surface area contributed by atoms with Crippen molar-refractivity contribution in [3.05, 3.63) is 12.2 Å². The molecule has 288 valence electrons. The summed E-state index contributed by atoms with van der Waals surface area (Å²) in [5.41, 5.74) is 0. The highest BCUT2D eigenvalue weighted by Crippen LogP contribution is 2.16. The third kappa shape index (κ3) is 37.2. The standard InChI is InChI=1S/C43H80O6/c1-4-7-9-11-13-15-17-19-21-23-25-27-29-31-33-36-41(44)47-38-40(49-43(46)35-6-3)39-48-42(45)37-34-32-30-28-26-24-22-20-18-16-14-12-10-8-5-2/h6,35,40H,4-5,7-34,36-39H2,1-3H3/b35-6+. The Morgan fingerprint density at radius 3 is 0.959 bits per heavy atom. The van der Waals surface area contributed by atoms with E-state index in [9.17, 15) is 14.4 Å². The quantitative estimate of drug-likeness (QED) is 0.0277. The molecule has 0 aliphatic heterocycles. The van der Waals surface area contributed by atoms with E-state index in [-0.39, 0.29) is 25.2 Å². The summed E-state index contributed by atoms with van der Waals surface area (Å²) in [5, 5.41) is 0. The van der Waals surface area contributed by atoms with E-state index in [1.165, 1.54) is 160 Å². The Morgan fingerprint density at radius 1 is 0.429 bits per heavy atom. The second-order valence-corrected chi connectivity index (χ2v) is 14.3. The summed E-state index contributed by atoms with van der Waals surface area (Å²) in [7, 11) is 0. The van der Waals surface area contributed by atoms with Gasteiger partial charge in [-0.15, -0.1) is 0 Å². The van der Waals surface area contributed by atoms with Gasteiger partial charge in [0.25, 0.3) is 0 Å². The number of carbonyl (C=O) groups excluding carboxylic acids is 3. The fraction of sp³-hybridized carbons (Fsp3) is 0.884. The van der Waals surface area contributed by atoms with Gasteiger partial charge in [0.15, 0.2) is 6.10 Å². The maximum atomic E-state index is 12.3. The summed E-state index contributed by atoms with van der Waals surface area (Å²) in [6.45, 7) is 6.05. The van der Waals surface area contributed by atoms with Crippen molar-refractivity contribution in [2.75, 3.05) is 13.2 Å². The van der Waals surface area contributed by atoms with E-state index in [1.54, 1.807) is 13.0 Å². The van der Waals surface area contributed by atoms with Crippen LogP contribution in [0.3, 0.4) is 0 Å². The predicted octanol–water partition coefficient (Wildman–Crippen LogP) is 13.1. The first-order valence-electron chi connectivity index (χ1n) is 21.2. The van der Waals surface area contributed by atoms with Crippen molar-refractivity contribution in [2.45, 2.75) is 232 Å². The summed E-state index contributed by atoms with van der Waals surface area (Å²) < 4.78 is 16.2. The van der Waals surface area contributed by atoms with Gasteiger partial charge in [0.2, 0.25) is 0 Å². The molecule has 0 saturated carbocycles. The SMILES string of the molecule is C/C=C/C(=O)OC(COC(=O)CCCCCCCCCCCCCCCCC)COC(=O)CCCCCCCCCCCCCCCCC. The van der Waals surface area contributed by atoms with Crippen LogP contribution < -0.4 is 0 Å². The highest BCUT2D eigenvalue weighted by atomic mass is 16.6. The topological polar surface area (TPSA) is 78.9 Å². The summed E-state index contributed by atoms with van der Waals surface area (Å²) in [6, 6.07) is 0. The monoisotopic (exact) mass is 693 g/mol. The minimum atomic E-state index is -0.807. The van der Waals surface area contributed by atoms with Gasteiger partial charge in [-0.05, 0) is 19.8 Å². The fourth-order valence-corrected chi connectivity index (χ4v) is 6.25. The van der Waals surface area contributed by atoms with Crippen molar-refractivity contribution >= 4 is 17.9 Å². The van der Waals surface area contributed by atoms with Crippen molar-refractivity contribution < 1.29 is 28.6 Å². The van der Waals surface area contributed by atoms with Gasteiger partial charge in [0.05, 0.1) is 0 Å². The molecule has 0 aromatic heterocycles. The molecule has 0 radical (unpaired) electrons. The van der Waals surface area contributed by atoms with E-state index in [0.29, 0.717) is 12.8 Å². The van der Waals surface area contributed by atoms with E-state index in [1.807, 2.05) is 0 Å². The highest BCUT2D eigenvalue weighted by Gasteiger charge is 2.18. The van der Waals surface area contributed by atoms with Crippen LogP contribution in [0.2, 0.25) is 0 Å². The van der Waals surface area contributed by atoms with Gasteiger partial charge >= 0.3 is 17.9 Å². The fourth-order valence-electron chi connectivity index (χ4n) is 6.25. The third-order valence-electron chi connectivity index (χ3n) is 9.41. The lowest BCUT2D eigenvalue weighted by Crippen LogP contribution is -2.30. The molecule has 0 bridgehead atoms. The zero-order valence-electron chi connectivity index (χ0n) is 32.7. The predicted molar refractivity (Wildman–Crippen MR) is 206 cm³/mol. The van der Waals surface area contributed by atoms with Crippen molar-refractivity contribution in [1.82, 2.24) is 0 Å². The van der Waals surface area contributed by atoms with Crippen LogP contribution >= 0.6 is 0 Å². The minimum Gasteiger partial charge on any atom is -0.462 e. The van der Waals surface area contributed by atoms with Crippen LogP contribution in [-0.2, 0) is 28.6 Å². The highest BCUT2D eigenvalue weighted by molar-refractivity contribution is 5.82. The van der Waals surface area contributed by atoms with Gasteiger partial charge in [-0.25, -0.2) is 4.79 Å². The molecule has 0 fully saturated rings. The smallest absolute Gasteiger partial charge is 0.330 e. The maximum absolute atomic E-state index is 12.3. The molecule has 6 nitrogen and oxygen atoms in total. The first-order chi connectivity index (χ1) is 24.0. The molecule has 6 heteroatoms. The number of rotatable bonds is 38. The van der Waals surface area contributed by atoms with Crippen LogP contribution in [-0.4, -0.2) is 37.2 Å². The van der Waals surface area contributed by atoms with Crippen molar-refractivity contribution in [2.24, 2.45) is 0 Å². The Kier molecular flexibility index (Phi) is 37.5. The molecule has 0 amide bonds. The van der Waals surface area contributed by atoms with Gasteiger partial charge in [0, 0.05) is 18.9 Å². The number of hydrogen-bond acceptors (Lipinski definition) is 6. The average molecular weight is 693 g/mol. The lowest BCUT2D eigenvalue weighted by Gasteiger charge is -2.17. The van der Waals surface area contributed by atoms with Gasteiger partial charge in [0.1, 0.15) is 13.2 Å². The van der Waals surface area contributed by atoms with E-state index in [4.69, 9.17) is 14.2 Å². The molecule has 0 saturated heterocycles. The van der Waals surface area contributed by atoms with Crippen molar-refractivity contribution in [1.29, 1.82) is 0 Å². The second kappa shape index (κ2) is 38.9. The number of carbonyl (C=O) groups is 3. The molecule has 0 unspecified atom stereocenters. The number of allylic oxidation sites excluding steroid dienone is 1. The van der Waals surface area contributed by atoms with Gasteiger partial charge in [-0.3, -0.25) is 9.59 Å². The Bertz CT molecular complexity index is 713. The molecule has 0 rings (SSSR count). The van der Waals surface area contributed by atoms with Crippen LogP contribution in [0.5, 0.6) is 0 Å². The molecule has 0 heterocycles. The maximum Gasteiger partial charge on any atom is 0.330 e. The molecule has 0 aliphatic carbocycles. The molecular formula is C43H80O6. The largest absolute Gasteiger partial charge is 0.462 e. The summed E-state index contributed by atoms with van der Waals surface area (Å²) in [6.07, 6.45) is 41.1. The molecule has 0 N–H and O–H groups in total. The lowest BCUT2D eigenvalue weighted by atomic mass is 10.0. The Labute approximate surface area is 303 Å². The summed E-state index contributed by atoms with van der Waals surface area (Å²) in [4.78, 5) is 36.6.